The van der Waals surface area contributed by atoms with Gasteiger partial charge in [0.05, 0.1) is 45.8 Å². The number of hydrogen-bond donors (Lipinski definition) is 1. The first-order valence-electron chi connectivity index (χ1n) is 9.43. The number of aryl methyl sites for hydroxylation is 1. The number of carbonyl (C=O) groups is 1. The average Bonchev–Trinajstić information content (AvgIpc) is 3.10. The lowest BCUT2D eigenvalue weighted by Gasteiger charge is -2.26. The Bertz CT molecular complexity index is 1130. The Labute approximate surface area is 192 Å². The first-order valence-corrected chi connectivity index (χ1v) is 10.8. The number of aromatic nitrogens is 2. The number of hydrazone groups is 1. The minimum Gasteiger partial charge on any atom is -0.347 e. The van der Waals surface area contributed by atoms with Crippen LogP contribution < -0.4 is 10.3 Å². The van der Waals surface area contributed by atoms with Gasteiger partial charge in [-0.3, -0.25) is 14.2 Å². The van der Waals surface area contributed by atoms with Crippen LogP contribution in [0.4, 0.5) is 10.1 Å². The first kappa shape index (κ1) is 20.9. The zero-order chi connectivity index (χ0) is 21.3. The van der Waals surface area contributed by atoms with Gasteiger partial charge in [-0.15, -0.1) is 0 Å². The Morgan fingerprint density at radius 2 is 2.13 bits per heavy atom. The number of carbonyl (C=O) groups excluding carboxylic acids is 1. The summed E-state index contributed by atoms with van der Waals surface area (Å²) >= 11 is 8.23. The van der Waals surface area contributed by atoms with E-state index in [0.717, 1.165) is 6.54 Å². The van der Waals surface area contributed by atoms with Gasteiger partial charge in [-0.05, 0) is 36.2 Å². The number of imidazole rings is 1. The molecule has 4 rings (SSSR count). The van der Waals surface area contributed by atoms with Crippen LogP contribution >= 0.6 is 34.5 Å². The maximum atomic E-state index is 14.6. The van der Waals surface area contributed by atoms with Crippen LogP contribution in [0.1, 0.15) is 28.7 Å². The molecule has 10 heteroatoms. The monoisotopic (exact) mass is 540 g/mol. The van der Waals surface area contributed by atoms with E-state index in [-0.39, 0.29) is 18.3 Å². The molecule has 0 bridgehead atoms. The van der Waals surface area contributed by atoms with E-state index in [0.29, 0.717) is 46.3 Å². The molecule has 1 amide bonds. The van der Waals surface area contributed by atoms with E-state index in [4.69, 9.17) is 11.6 Å². The zero-order valence-electron chi connectivity index (χ0n) is 16.1. The maximum Gasteiger partial charge on any atom is 0.270 e. The fraction of sp³-hybridized carbons (Fsp3) is 0.250. The van der Waals surface area contributed by atoms with Crippen LogP contribution in [0.25, 0.3) is 5.65 Å². The van der Waals surface area contributed by atoms with Gasteiger partial charge < -0.3 is 8.43 Å². The van der Waals surface area contributed by atoms with Crippen LogP contribution in [0.2, 0.25) is 5.02 Å². The van der Waals surface area contributed by atoms with Crippen molar-refractivity contribution in [3.63, 3.8) is 0 Å². The van der Waals surface area contributed by atoms with Gasteiger partial charge in [0, 0.05) is 19.3 Å². The number of hydrogen-bond acceptors (Lipinski definition) is 5. The van der Waals surface area contributed by atoms with Gasteiger partial charge in [0.15, 0.2) is 0 Å². The van der Waals surface area contributed by atoms with Crippen molar-refractivity contribution in [3.05, 3.63) is 64.3 Å². The molecule has 0 unspecified atom stereocenters. The molecule has 1 aromatic carbocycles. The molecule has 7 nitrogen and oxygen atoms in total. The normalized spacial score (nSPS) is 13.9. The van der Waals surface area contributed by atoms with Crippen LogP contribution in [0, 0.1) is 5.82 Å². The van der Waals surface area contributed by atoms with Crippen molar-refractivity contribution in [2.75, 3.05) is 18.1 Å². The molecule has 1 aliphatic heterocycles. The highest BCUT2D eigenvalue weighted by Crippen LogP contribution is 2.23. The highest BCUT2D eigenvalue weighted by Gasteiger charge is 2.19. The Hall–Kier alpha value is -2.40. The standard InChI is InChI=1S/C20H19ClFIN6O/c1-2-16-19(28-11-14(21)4-6-18(28)26-16)20(30)24-10-13-3-5-17(15(22)9-13)29-8-7-27(23)12-25-29/h3-6,9,11-12H,2,7-8,10H2,1H3,(H,24,30). The maximum absolute atomic E-state index is 14.6. The van der Waals surface area contributed by atoms with Crippen molar-refractivity contribution in [2.45, 2.75) is 19.9 Å². The van der Waals surface area contributed by atoms with E-state index < -0.39 is 0 Å². The summed E-state index contributed by atoms with van der Waals surface area (Å²) in [4.78, 5) is 17.4. The quantitative estimate of drug-likeness (QED) is 0.392. The molecule has 3 heterocycles. The van der Waals surface area contributed by atoms with Crippen molar-refractivity contribution in [1.29, 1.82) is 0 Å². The lowest BCUT2D eigenvalue weighted by atomic mass is 10.1. The minimum atomic E-state index is -0.378. The number of anilines is 1. The van der Waals surface area contributed by atoms with Gasteiger partial charge in [-0.2, -0.15) is 5.10 Å². The first-order chi connectivity index (χ1) is 14.5. The van der Waals surface area contributed by atoms with Crippen molar-refractivity contribution in [2.24, 2.45) is 5.10 Å². The van der Waals surface area contributed by atoms with Crippen LogP contribution in [0.3, 0.4) is 0 Å². The van der Waals surface area contributed by atoms with Crippen LogP contribution in [0.15, 0.2) is 41.6 Å². The second-order valence-electron chi connectivity index (χ2n) is 6.78. The third kappa shape index (κ3) is 4.22. The Morgan fingerprint density at radius 1 is 1.30 bits per heavy atom. The van der Waals surface area contributed by atoms with E-state index >= 15 is 0 Å². The number of halogens is 3. The van der Waals surface area contributed by atoms with Gasteiger partial charge in [-0.25, -0.2) is 9.37 Å². The summed E-state index contributed by atoms with van der Waals surface area (Å²) in [6.07, 6.45) is 3.93. The second kappa shape index (κ2) is 8.76. The molecule has 1 N–H and O–H groups in total. The second-order valence-corrected chi connectivity index (χ2v) is 8.46. The molecule has 0 saturated heterocycles. The van der Waals surface area contributed by atoms with Crippen molar-refractivity contribution >= 4 is 58.0 Å². The summed E-state index contributed by atoms with van der Waals surface area (Å²) in [6, 6.07) is 8.40. The summed E-state index contributed by atoms with van der Waals surface area (Å²) < 4.78 is 18.2. The Morgan fingerprint density at radius 3 is 2.83 bits per heavy atom. The van der Waals surface area contributed by atoms with Gasteiger partial charge >= 0.3 is 0 Å². The molecule has 1 aliphatic rings. The summed E-state index contributed by atoms with van der Waals surface area (Å²) in [6.45, 7) is 3.49. The van der Waals surface area contributed by atoms with E-state index in [9.17, 15) is 9.18 Å². The lowest BCUT2D eigenvalue weighted by molar-refractivity contribution is 0.0944. The molecule has 0 spiro atoms. The number of nitrogens with zero attached hydrogens (tertiary/aromatic N) is 5. The number of benzene rings is 1. The molecule has 30 heavy (non-hydrogen) atoms. The topological polar surface area (TPSA) is 65.2 Å². The van der Waals surface area contributed by atoms with Crippen LogP contribution in [0.5, 0.6) is 0 Å². The summed E-state index contributed by atoms with van der Waals surface area (Å²) in [5.74, 6) is -0.662. The SMILES string of the molecule is CCc1nc2ccc(Cl)cn2c1C(=O)NCc1ccc(N2CCN(I)C=N2)c(F)c1. The van der Waals surface area contributed by atoms with E-state index in [1.807, 2.05) is 10.0 Å². The van der Waals surface area contributed by atoms with Gasteiger partial charge in [-0.1, -0.05) is 24.6 Å². The molecule has 0 radical (unpaired) electrons. The van der Waals surface area contributed by atoms with Crippen molar-refractivity contribution in [1.82, 2.24) is 17.8 Å². The lowest BCUT2D eigenvalue weighted by Crippen LogP contribution is -2.33. The number of pyridine rings is 1. The molecular weight excluding hydrogens is 522 g/mol. The smallest absolute Gasteiger partial charge is 0.270 e. The predicted molar refractivity (Wildman–Crippen MR) is 124 cm³/mol. The van der Waals surface area contributed by atoms with E-state index in [1.165, 1.54) is 6.07 Å². The summed E-state index contributed by atoms with van der Waals surface area (Å²) in [5.41, 5.74) is 2.85. The van der Waals surface area contributed by atoms with Crippen molar-refractivity contribution in [3.8, 4) is 0 Å². The van der Waals surface area contributed by atoms with Gasteiger partial charge in [0.1, 0.15) is 23.5 Å². The molecule has 2 aromatic heterocycles. The molecule has 156 valence electrons. The molecule has 0 saturated carbocycles. The van der Waals surface area contributed by atoms with Crippen LogP contribution in [-0.2, 0) is 13.0 Å². The number of nitrogens with one attached hydrogen (secondary N) is 1. The fourth-order valence-corrected chi connectivity index (χ4v) is 3.78. The average molecular weight is 541 g/mol. The summed E-state index contributed by atoms with van der Waals surface area (Å²) in [7, 11) is 0. The van der Waals surface area contributed by atoms with Crippen molar-refractivity contribution < 1.29 is 9.18 Å². The minimum absolute atomic E-state index is 0.192. The highest BCUT2D eigenvalue weighted by atomic mass is 127. The molecular formula is C20H19ClFIN6O. The fourth-order valence-electron chi connectivity index (χ4n) is 3.30. The molecule has 3 aromatic rings. The van der Waals surface area contributed by atoms with Gasteiger partial charge in [0.2, 0.25) is 0 Å². The molecule has 0 atom stereocenters. The highest BCUT2D eigenvalue weighted by molar-refractivity contribution is 14.1. The predicted octanol–water partition coefficient (Wildman–Crippen LogP) is 4.03. The summed E-state index contributed by atoms with van der Waals surface area (Å²) in [5, 5.41) is 9.23. The number of rotatable bonds is 5. The van der Waals surface area contributed by atoms with E-state index in [1.54, 1.807) is 46.2 Å². The third-order valence-electron chi connectivity index (χ3n) is 4.79. The van der Waals surface area contributed by atoms with E-state index in [2.05, 4.69) is 38.3 Å². The number of fused-ring (bicyclic) bond motifs is 1. The largest absolute Gasteiger partial charge is 0.347 e. The number of amides is 1. The zero-order valence-corrected chi connectivity index (χ0v) is 19.1. The third-order valence-corrected chi connectivity index (χ3v) is 5.74. The Balaban J connectivity index is 1.51. The Kier molecular flexibility index (Phi) is 6.09. The van der Waals surface area contributed by atoms with Gasteiger partial charge in [0.25, 0.3) is 5.91 Å². The van der Waals surface area contributed by atoms with Crippen LogP contribution in [-0.4, -0.2) is 37.8 Å². The molecule has 0 fully saturated rings. The molecule has 0 aliphatic carbocycles.